The molecule has 3 N–H and O–H groups in total. The van der Waals surface area contributed by atoms with Gasteiger partial charge in [0, 0.05) is 23.8 Å². The van der Waals surface area contributed by atoms with E-state index in [1.54, 1.807) is 0 Å². The van der Waals surface area contributed by atoms with Crippen molar-refractivity contribution in [2.24, 2.45) is 0 Å². The Balaban J connectivity index is 1.63. The van der Waals surface area contributed by atoms with Crippen LogP contribution in [-0.2, 0) is 0 Å². The molecule has 19 heavy (non-hydrogen) atoms. The van der Waals surface area contributed by atoms with Gasteiger partial charge in [-0.25, -0.2) is 0 Å². The number of nitrogens with zero attached hydrogens (tertiary/aromatic N) is 3. The van der Waals surface area contributed by atoms with Crippen LogP contribution in [0.5, 0.6) is 0 Å². The first-order valence-electron chi connectivity index (χ1n) is 6.73. The second-order valence-corrected chi connectivity index (χ2v) is 4.84. The van der Waals surface area contributed by atoms with E-state index in [9.17, 15) is 0 Å². The maximum Gasteiger partial charge on any atom is 0.204 e. The van der Waals surface area contributed by atoms with Gasteiger partial charge in [-0.3, -0.25) is 0 Å². The minimum absolute atomic E-state index is 0.572. The highest BCUT2D eigenvalue weighted by Gasteiger charge is 2.12. The molecule has 0 saturated carbocycles. The predicted octanol–water partition coefficient (Wildman–Crippen LogP) is 1.42. The van der Waals surface area contributed by atoms with E-state index >= 15 is 0 Å². The minimum Gasteiger partial charge on any atom is -0.383 e. The van der Waals surface area contributed by atoms with Crippen LogP contribution in [-0.4, -0.2) is 39.8 Å². The molecule has 100 valence electrons. The standard InChI is InChI=1S/C13H18N6/c1-2-7-14-12(5-1)9-15-11-6-3-4-10(8-11)13-16-18-19-17-13/h3-4,6,8,12,14-15H,1-2,5,7,9H2,(H,16,17,18,19). The second-order valence-electron chi connectivity index (χ2n) is 4.84. The molecule has 1 aromatic heterocycles. The summed E-state index contributed by atoms with van der Waals surface area (Å²) in [5, 5.41) is 21.0. The summed E-state index contributed by atoms with van der Waals surface area (Å²) < 4.78 is 0. The normalized spacial score (nSPS) is 19.3. The highest BCUT2D eigenvalue weighted by atomic mass is 15.5. The van der Waals surface area contributed by atoms with Gasteiger partial charge in [0.1, 0.15) is 0 Å². The first-order chi connectivity index (χ1) is 9.42. The van der Waals surface area contributed by atoms with E-state index in [4.69, 9.17) is 0 Å². The number of anilines is 1. The zero-order valence-electron chi connectivity index (χ0n) is 10.8. The monoisotopic (exact) mass is 258 g/mol. The molecule has 3 rings (SSSR count). The summed E-state index contributed by atoms with van der Waals surface area (Å²) in [6.45, 7) is 2.09. The quantitative estimate of drug-likeness (QED) is 0.773. The topological polar surface area (TPSA) is 78.5 Å². The highest BCUT2D eigenvalue weighted by Crippen LogP contribution is 2.18. The summed E-state index contributed by atoms with van der Waals surface area (Å²) in [7, 11) is 0. The largest absolute Gasteiger partial charge is 0.383 e. The Morgan fingerprint density at radius 3 is 3.11 bits per heavy atom. The molecule has 1 aliphatic heterocycles. The van der Waals surface area contributed by atoms with Crippen molar-refractivity contribution < 1.29 is 0 Å². The lowest BCUT2D eigenvalue weighted by Gasteiger charge is -2.24. The molecular weight excluding hydrogens is 240 g/mol. The van der Waals surface area contributed by atoms with Gasteiger partial charge in [-0.15, -0.1) is 10.2 Å². The van der Waals surface area contributed by atoms with Crippen LogP contribution in [0.15, 0.2) is 24.3 Å². The van der Waals surface area contributed by atoms with Crippen LogP contribution in [0, 0.1) is 0 Å². The molecule has 0 bridgehead atoms. The smallest absolute Gasteiger partial charge is 0.204 e. The molecule has 6 nitrogen and oxygen atoms in total. The Bertz CT molecular complexity index is 504. The molecule has 1 aliphatic rings. The van der Waals surface area contributed by atoms with Gasteiger partial charge in [-0.05, 0) is 36.7 Å². The summed E-state index contributed by atoms with van der Waals surface area (Å²) in [4.78, 5) is 0. The van der Waals surface area contributed by atoms with Crippen molar-refractivity contribution in [3.63, 3.8) is 0 Å². The molecule has 1 saturated heterocycles. The third-order valence-corrected chi connectivity index (χ3v) is 3.43. The predicted molar refractivity (Wildman–Crippen MR) is 73.7 cm³/mol. The van der Waals surface area contributed by atoms with Gasteiger partial charge in [0.15, 0.2) is 0 Å². The van der Waals surface area contributed by atoms with Gasteiger partial charge >= 0.3 is 0 Å². The SMILES string of the molecule is c1cc(NCC2CCCCN2)cc(-c2nn[nH]n2)c1. The number of H-pyrrole nitrogens is 1. The van der Waals surface area contributed by atoms with E-state index in [0.717, 1.165) is 24.3 Å². The zero-order valence-corrected chi connectivity index (χ0v) is 10.8. The van der Waals surface area contributed by atoms with E-state index in [-0.39, 0.29) is 0 Å². The van der Waals surface area contributed by atoms with E-state index < -0.39 is 0 Å². The molecule has 2 heterocycles. The number of aromatic amines is 1. The first-order valence-corrected chi connectivity index (χ1v) is 6.73. The summed E-state index contributed by atoms with van der Waals surface area (Å²) in [6, 6.07) is 8.67. The van der Waals surface area contributed by atoms with Crippen molar-refractivity contribution in [2.75, 3.05) is 18.4 Å². The van der Waals surface area contributed by atoms with Crippen molar-refractivity contribution in [1.82, 2.24) is 25.9 Å². The van der Waals surface area contributed by atoms with E-state index in [1.807, 2.05) is 18.2 Å². The number of benzene rings is 1. The number of piperidine rings is 1. The number of rotatable bonds is 4. The average Bonchev–Trinajstić information content (AvgIpc) is 3.01. The molecule has 0 radical (unpaired) electrons. The highest BCUT2D eigenvalue weighted by molar-refractivity contribution is 5.61. The summed E-state index contributed by atoms with van der Waals surface area (Å²) >= 11 is 0. The van der Waals surface area contributed by atoms with Gasteiger partial charge in [0.05, 0.1) is 0 Å². The maximum atomic E-state index is 3.99. The van der Waals surface area contributed by atoms with Crippen LogP contribution in [0.2, 0.25) is 0 Å². The van der Waals surface area contributed by atoms with Gasteiger partial charge in [-0.1, -0.05) is 18.6 Å². The van der Waals surface area contributed by atoms with Crippen LogP contribution in [0.4, 0.5) is 5.69 Å². The van der Waals surface area contributed by atoms with Crippen LogP contribution < -0.4 is 10.6 Å². The lowest BCUT2D eigenvalue weighted by atomic mass is 10.0. The van der Waals surface area contributed by atoms with E-state index in [1.165, 1.54) is 19.3 Å². The summed E-state index contributed by atoms with van der Waals surface area (Å²) in [5.74, 6) is 0.624. The second kappa shape index (κ2) is 5.79. The van der Waals surface area contributed by atoms with Crippen molar-refractivity contribution >= 4 is 5.69 Å². The fourth-order valence-corrected chi connectivity index (χ4v) is 2.39. The van der Waals surface area contributed by atoms with Crippen LogP contribution in [0.1, 0.15) is 19.3 Å². The van der Waals surface area contributed by atoms with Gasteiger partial charge in [0.2, 0.25) is 5.82 Å². The van der Waals surface area contributed by atoms with E-state index in [0.29, 0.717) is 11.9 Å². The van der Waals surface area contributed by atoms with Gasteiger partial charge in [-0.2, -0.15) is 5.21 Å². The van der Waals surface area contributed by atoms with Crippen LogP contribution >= 0.6 is 0 Å². The minimum atomic E-state index is 0.572. The van der Waals surface area contributed by atoms with Crippen molar-refractivity contribution in [3.8, 4) is 11.4 Å². The van der Waals surface area contributed by atoms with Crippen molar-refractivity contribution in [2.45, 2.75) is 25.3 Å². The number of hydrogen-bond donors (Lipinski definition) is 3. The molecule has 2 aromatic rings. The fraction of sp³-hybridized carbons (Fsp3) is 0.462. The number of nitrogens with one attached hydrogen (secondary N) is 3. The lowest BCUT2D eigenvalue weighted by molar-refractivity contribution is 0.414. The van der Waals surface area contributed by atoms with Gasteiger partial charge in [0.25, 0.3) is 0 Å². The molecule has 0 aliphatic carbocycles. The van der Waals surface area contributed by atoms with Crippen LogP contribution in [0.25, 0.3) is 11.4 Å². The Morgan fingerprint density at radius 2 is 2.32 bits per heavy atom. The van der Waals surface area contributed by atoms with Crippen LogP contribution in [0.3, 0.4) is 0 Å². The zero-order chi connectivity index (χ0) is 12.9. The number of tetrazole rings is 1. The maximum absolute atomic E-state index is 3.99. The first kappa shape index (κ1) is 12.1. The summed E-state index contributed by atoms with van der Waals surface area (Å²) in [5.41, 5.74) is 2.06. The molecule has 0 amide bonds. The molecule has 1 fully saturated rings. The van der Waals surface area contributed by atoms with Crippen molar-refractivity contribution in [3.05, 3.63) is 24.3 Å². The fourth-order valence-electron chi connectivity index (χ4n) is 2.39. The Morgan fingerprint density at radius 1 is 1.32 bits per heavy atom. The molecular formula is C13H18N6. The third kappa shape index (κ3) is 3.08. The van der Waals surface area contributed by atoms with Gasteiger partial charge < -0.3 is 10.6 Å². The van der Waals surface area contributed by atoms with E-state index in [2.05, 4.69) is 37.3 Å². The molecule has 1 aromatic carbocycles. The third-order valence-electron chi connectivity index (χ3n) is 3.43. The molecule has 6 heteroatoms. The number of aromatic nitrogens is 4. The Labute approximate surface area is 112 Å². The summed E-state index contributed by atoms with van der Waals surface area (Å²) in [6.07, 6.45) is 3.86. The molecule has 1 unspecified atom stereocenters. The molecule has 0 spiro atoms. The molecule has 1 atom stereocenters. The lowest BCUT2D eigenvalue weighted by Crippen LogP contribution is -2.39. The Kier molecular flexibility index (Phi) is 3.69. The van der Waals surface area contributed by atoms with Crippen molar-refractivity contribution in [1.29, 1.82) is 0 Å². The Hall–Kier alpha value is -1.95. The average molecular weight is 258 g/mol. The number of hydrogen-bond acceptors (Lipinski definition) is 5.